The minimum absolute atomic E-state index is 0.102. The van der Waals surface area contributed by atoms with Gasteiger partial charge in [-0.25, -0.2) is 4.98 Å². The number of fused-ring (bicyclic) bond motifs is 2. The Kier molecular flexibility index (Phi) is 4.94. The number of hydrogen-bond acceptors (Lipinski definition) is 5. The maximum atomic E-state index is 15.3. The number of aromatic amines is 1. The van der Waals surface area contributed by atoms with Gasteiger partial charge in [0, 0.05) is 49.0 Å². The number of amides is 1. The van der Waals surface area contributed by atoms with Gasteiger partial charge in [-0.2, -0.15) is 19.1 Å². The first kappa shape index (κ1) is 22.7. The van der Waals surface area contributed by atoms with Gasteiger partial charge in [0.1, 0.15) is 23.1 Å². The first-order valence-corrected chi connectivity index (χ1v) is 12.2. The molecule has 0 radical (unpaired) electrons. The van der Waals surface area contributed by atoms with Crippen LogP contribution in [0.5, 0.6) is 0 Å². The maximum absolute atomic E-state index is 15.3. The lowest BCUT2D eigenvalue weighted by Crippen LogP contribution is -2.59. The lowest BCUT2D eigenvalue weighted by molar-refractivity contribution is -0.136. The summed E-state index contributed by atoms with van der Waals surface area (Å²) in [5, 5.41) is 18.4. The summed E-state index contributed by atoms with van der Waals surface area (Å²) in [4.78, 5) is 20.2. The summed E-state index contributed by atoms with van der Waals surface area (Å²) < 4.78 is 30.6. The minimum atomic E-state index is -3.07. The molecule has 2 aliphatic heterocycles. The molecule has 1 aliphatic carbocycles. The molecule has 3 aromatic rings. The van der Waals surface area contributed by atoms with Gasteiger partial charge in [-0.3, -0.25) is 9.89 Å². The molecule has 0 atom stereocenters. The highest BCUT2D eigenvalue weighted by atomic mass is 19.3. The molecule has 0 unspecified atom stereocenters. The number of aryl methyl sites for hydroxylation is 1. The molecule has 36 heavy (non-hydrogen) atoms. The molecule has 1 amide bonds. The Bertz CT molecular complexity index is 1460. The smallest absolute Gasteiger partial charge is 0.290 e. The number of halogens is 2. The first-order valence-electron chi connectivity index (χ1n) is 12.2. The lowest BCUT2D eigenvalue weighted by atomic mass is 9.79. The second-order valence-corrected chi connectivity index (χ2v) is 10.3. The van der Waals surface area contributed by atoms with Crippen LogP contribution in [-0.2, 0) is 17.1 Å². The molecule has 1 spiro atoms. The summed E-state index contributed by atoms with van der Waals surface area (Å²) in [6, 6.07) is 6.18. The van der Waals surface area contributed by atoms with E-state index in [-0.39, 0.29) is 23.4 Å². The van der Waals surface area contributed by atoms with E-state index in [0.29, 0.717) is 61.5 Å². The standard InChI is InChI=1S/C27H26F2N6O/c1-3-21(36)35-14-26(15-35)9-10-34(13-26)25-18(11-30)23(17-5-4-8-27(28,29)24(17)32-25)22-16(2)6-7-20-19(22)12-31-33-20/h3,6-7,12H,1,4-5,8-10,13-15H2,2H3,(H,31,33). The van der Waals surface area contributed by atoms with Crippen molar-refractivity contribution in [2.45, 2.75) is 38.5 Å². The van der Waals surface area contributed by atoms with Crippen LogP contribution in [0.1, 0.15) is 41.6 Å². The van der Waals surface area contributed by atoms with Crippen LogP contribution in [-0.4, -0.2) is 52.2 Å². The van der Waals surface area contributed by atoms with Crippen molar-refractivity contribution in [3.05, 3.63) is 53.4 Å². The molecule has 0 bridgehead atoms. The highest BCUT2D eigenvalue weighted by Gasteiger charge is 2.50. The van der Waals surface area contributed by atoms with Crippen molar-refractivity contribution in [3.8, 4) is 17.2 Å². The number of likely N-dealkylation sites (tertiary alicyclic amines) is 1. The van der Waals surface area contributed by atoms with Crippen LogP contribution in [0.2, 0.25) is 0 Å². The molecule has 2 aromatic heterocycles. The van der Waals surface area contributed by atoms with Gasteiger partial charge in [-0.1, -0.05) is 12.6 Å². The van der Waals surface area contributed by atoms with Crippen molar-refractivity contribution < 1.29 is 13.6 Å². The average molecular weight is 489 g/mol. The summed E-state index contributed by atoms with van der Waals surface area (Å²) in [7, 11) is 0. The van der Waals surface area contributed by atoms with Crippen LogP contribution < -0.4 is 4.90 Å². The third-order valence-corrected chi connectivity index (χ3v) is 8.01. The Balaban J connectivity index is 1.53. The third-order valence-electron chi connectivity index (χ3n) is 8.01. The number of carbonyl (C=O) groups excluding carboxylic acids is 1. The van der Waals surface area contributed by atoms with E-state index in [9.17, 15) is 10.1 Å². The fraction of sp³-hybridized carbons (Fsp3) is 0.407. The normalized spacial score (nSPS) is 19.7. The van der Waals surface area contributed by atoms with Crippen LogP contribution in [0.4, 0.5) is 14.6 Å². The summed E-state index contributed by atoms with van der Waals surface area (Å²) in [5.41, 5.74) is 3.46. The predicted molar refractivity (Wildman–Crippen MR) is 132 cm³/mol. The molecule has 6 rings (SSSR count). The van der Waals surface area contributed by atoms with Gasteiger partial charge in [0.25, 0.3) is 5.92 Å². The molecule has 2 saturated heterocycles. The van der Waals surface area contributed by atoms with Crippen molar-refractivity contribution in [2.75, 3.05) is 31.1 Å². The van der Waals surface area contributed by atoms with Gasteiger partial charge >= 0.3 is 0 Å². The molecule has 1 N–H and O–H groups in total. The van der Waals surface area contributed by atoms with Gasteiger partial charge in [0.15, 0.2) is 0 Å². The number of carbonyl (C=O) groups is 1. The third kappa shape index (κ3) is 3.24. The maximum Gasteiger partial charge on any atom is 0.290 e. The number of rotatable bonds is 3. The zero-order valence-electron chi connectivity index (χ0n) is 20.1. The van der Waals surface area contributed by atoms with Crippen molar-refractivity contribution in [2.24, 2.45) is 5.41 Å². The monoisotopic (exact) mass is 488 g/mol. The summed E-state index contributed by atoms with van der Waals surface area (Å²) >= 11 is 0. The van der Waals surface area contributed by atoms with E-state index in [2.05, 4.69) is 27.8 Å². The molecule has 2 fully saturated rings. The van der Waals surface area contributed by atoms with Crippen LogP contribution >= 0.6 is 0 Å². The van der Waals surface area contributed by atoms with Crippen LogP contribution in [0.3, 0.4) is 0 Å². The van der Waals surface area contributed by atoms with Gasteiger partial charge in [0.05, 0.1) is 11.7 Å². The Hall–Kier alpha value is -3.80. The number of nitriles is 1. The van der Waals surface area contributed by atoms with Crippen molar-refractivity contribution in [1.29, 1.82) is 5.26 Å². The van der Waals surface area contributed by atoms with Gasteiger partial charge in [-0.15, -0.1) is 0 Å². The molecule has 184 valence electrons. The fourth-order valence-electron chi connectivity index (χ4n) is 6.25. The number of anilines is 1. The Morgan fingerprint density at radius 2 is 2.06 bits per heavy atom. The number of H-pyrrole nitrogens is 1. The lowest BCUT2D eigenvalue weighted by Gasteiger charge is -2.47. The van der Waals surface area contributed by atoms with Gasteiger partial charge in [-0.05, 0) is 55.0 Å². The molecule has 9 heteroatoms. The van der Waals surface area contributed by atoms with E-state index >= 15 is 8.78 Å². The highest BCUT2D eigenvalue weighted by molar-refractivity contribution is 5.99. The number of alkyl halides is 2. The largest absolute Gasteiger partial charge is 0.355 e. The van der Waals surface area contributed by atoms with Crippen molar-refractivity contribution in [1.82, 2.24) is 20.1 Å². The zero-order valence-corrected chi connectivity index (χ0v) is 20.1. The number of nitrogens with zero attached hydrogens (tertiary/aromatic N) is 5. The number of benzene rings is 1. The predicted octanol–water partition coefficient (Wildman–Crippen LogP) is 4.46. The second kappa shape index (κ2) is 7.85. The van der Waals surface area contributed by atoms with E-state index in [0.717, 1.165) is 28.5 Å². The first-order chi connectivity index (χ1) is 17.3. The summed E-state index contributed by atoms with van der Waals surface area (Å²) in [6.45, 7) is 7.83. The van der Waals surface area contributed by atoms with Crippen LogP contribution in [0, 0.1) is 23.7 Å². The molecule has 7 nitrogen and oxygen atoms in total. The molecule has 1 aromatic carbocycles. The Labute approximate surface area is 207 Å². The number of aromatic nitrogens is 3. The molecular weight excluding hydrogens is 462 g/mol. The number of hydrogen-bond donors (Lipinski definition) is 1. The number of pyridine rings is 1. The van der Waals surface area contributed by atoms with E-state index in [1.54, 1.807) is 11.1 Å². The van der Waals surface area contributed by atoms with Crippen LogP contribution in [0.15, 0.2) is 31.0 Å². The topological polar surface area (TPSA) is 88.9 Å². The average Bonchev–Trinajstić information content (AvgIpc) is 3.49. The van der Waals surface area contributed by atoms with Crippen molar-refractivity contribution >= 4 is 22.6 Å². The van der Waals surface area contributed by atoms with Crippen molar-refractivity contribution in [3.63, 3.8) is 0 Å². The SMILES string of the molecule is C=CC(=O)N1CC2(CCN(c3nc4c(c(-c5c(C)ccc6[nH]ncc56)c3C#N)CCCC4(F)F)C2)C1. The Morgan fingerprint density at radius 1 is 1.25 bits per heavy atom. The second-order valence-electron chi connectivity index (χ2n) is 10.3. The van der Waals surface area contributed by atoms with E-state index in [1.165, 1.54) is 6.08 Å². The highest BCUT2D eigenvalue weighted by Crippen LogP contribution is 2.49. The van der Waals surface area contributed by atoms with Crippen LogP contribution in [0.25, 0.3) is 22.0 Å². The zero-order chi connectivity index (χ0) is 25.2. The molecule has 3 aliphatic rings. The molecule has 0 saturated carbocycles. The quantitative estimate of drug-likeness (QED) is 0.550. The van der Waals surface area contributed by atoms with Gasteiger partial charge in [0.2, 0.25) is 5.91 Å². The number of nitrogens with one attached hydrogen (secondary N) is 1. The Morgan fingerprint density at radius 3 is 2.81 bits per heavy atom. The van der Waals surface area contributed by atoms with E-state index in [1.807, 2.05) is 24.0 Å². The van der Waals surface area contributed by atoms with E-state index < -0.39 is 5.92 Å². The molecule has 4 heterocycles. The summed E-state index contributed by atoms with van der Waals surface area (Å²) in [6.07, 6.45) is 4.33. The molecular formula is C27H26F2N6O. The summed E-state index contributed by atoms with van der Waals surface area (Å²) in [5.74, 6) is -2.85. The van der Waals surface area contributed by atoms with Gasteiger partial charge < -0.3 is 9.80 Å². The van der Waals surface area contributed by atoms with E-state index in [4.69, 9.17) is 0 Å². The minimum Gasteiger partial charge on any atom is -0.355 e. The fourth-order valence-corrected chi connectivity index (χ4v) is 6.25.